The second kappa shape index (κ2) is 5.34. The monoisotopic (exact) mass is 379 g/mol. The highest BCUT2D eigenvalue weighted by atomic mass is 35.5. The second-order valence-corrected chi connectivity index (χ2v) is 10.4. The standard InChI is InChI=1S/C19H22ClNO3S/c1-18(2)14-9-10-19(18)12-25(23,24)21(16(19)11-14)17(22)8-5-13-3-6-15(20)7-4-13/h3-8,14,16H,9-12H2,1-2H3. The molecule has 1 aromatic carbocycles. The zero-order chi connectivity index (χ0) is 18.0. The molecule has 1 aromatic rings. The average molecular weight is 380 g/mol. The first-order valence-corrected chi connectivity index (χ1v) is 10.7. The van der Waals surface area contributed by atoms with Gasteiger partial charge in [-0.25, -0.2) is 12.7 Å². The first-order valence-electron chi connectivity index (χ1n) is 8.67. The fourth-order valence-electron chi connectivity index (χ4n) is 5.39. The summed E-state index contributed by atoms with van der Waals surface area (Å²) in [5.41, 5.74) is 0.511. The number of fused-ring (bicyclic) bond motifs is 1. The smallest absolute Gasteiger partial charge is 0.260 e. The number of hydrogen-bond acceptors (Lipinski definition) is 3. The lowest BCUT2D eigenvalue weighted by atomic mass is 9.69. The molecule has 3 unspecified atom stereocenters. The van der Waals surface area contributed by atoms with Crippen LogP contribution in [-0.4, -0.2) is 30.4 Å². The Balaban J connectivity index is 1.64. The van der Waals surface area contributed by atoms with Crippen LogP contribution in [0.1, 0.15) is 38.7 Å². The van der Waals surface area contributed by atoms with Gasteiger partial charge in [-0.1, -0.05) is 37.6 Å². The van der Waals surface area contributed by atoms with Gasteiger partial charge in [-0.15, -0.1) is 0 Å². The summed E-state index contributed by atoms with van der Waals surface area (Å²) < 4.78 is 26.8. The minimum Gasteiger partial charge on any atom is -0.269 e. The van der Waals surface area contributed by atoms with Crippen LogP contribution in [-0.2, 0) is 14.8 Å². The third-order valence-electron chi connectivity index (χ3n) is 6.92. The molecule has 2 aliphatic carbocycles. The van der Waals surface area contributed by atoms with Crippen molar-refractivity contribution in [2.24, 2.45) is 16.7 Å². The van der Waals surface area contributed by atoms with Crippen molar-refractivity contribution in [1.29, 1.82) is 0 Å². The normalized spacial score (nSPS) is 34.6. The third kappa shape index (κ3) is 2.32. The fourth-order valence-corrected chi connectivity index (χ4v) is 8.03. The number of nitrogens with zero attached hydrogens (tertiary/aromatic N) is 1. The third-order valence-corrected chi connectivity index (χ3v) is 9.08. The molecule has 2 bridgehead atoms. The van der Waals surface area contributed by atoms with E-state index in [0.717, 1.165) is 24.8 Å². The maximum atomic E-state index is 12.8. The van der Waals surface area contributed by atoms with Gasteiger partial charge in [0.05, 0.1) is 11.8 Å². The summed E-state index contributed by atoms with van der Waals surface area (Å²) in [6.07, 6.45) is 5.80. The van der Waals surface area contributed by atoms with Crippen molar-refractivity contribution in [3.8, 4) is 0 Å². The van der Waals surface area contributed by atoms with Crippen molar-refractivity contribution < 1.29 is 13.2 Å². The van der Waals surface area contributed by atoms with E-state index in [1.807, 2.05) is 0 Å². The SMILES string of the molecule is CC1(C)C2CCC13CS(=O)(=O)N(C(=O)C=Cc1ccc(Cl)cc1)C3C2. The van der Waals surface area contributed by atoms with Gasteiger partial charge < -0.3 is 0 Å². The molecule has 6 heteroatoms. The first kappa shape index (κ1) is 17.1. The minimum absolute atomic E-state index is 0.0281. The number of hydrogen-bond donors (Lipinski definition) is 0. The Kier molecular flexibility index (Phi) is 3.65. The zero-order valence-corrected chi connectivity index (χ0v) is 16.0. The molecule has 1 amide bonds. The van der Waals surface area contributed by atoms with Crippen LogP contribution in [0.5, 0.6) is 0 Å². The summed E-state index contributed by atoms with van der Waals surface area (Å²) >= 11 is 5.86. The van der Waals surface area contributed by atoms with Crippen molar-refractivity contribution in [3.05, 3.63) is 40.9 Å². The van der Waals surface area contributed by atoms with Crippen LogP contribution in [0.2, 0.25) is 5.02 Å². The molecule has 25 heavy (non-hydrogen) atoms. The number of amides is 1. The van der Waals surface area contributed by atoms with E-state index in [0.29, 0.717) is 10.9 Å². The molecule has 0 aromatic heterocycles. The molecule has 1 aliphatic heterocycles. The number of benzene rings is 1. The van der Waals surface area contributed by atoms with Crippen LogP contribution < -0.4 is 0 Å². The van der Waals surface area contributed by atoms with Gasteiger partial charge in [0, 0.05) is 16.5 Å². The van der Waals surface area contributed by atoms with Crippen LogP contribution in [0.25, 0.3) is 6.08 Å². The van der Waals surface area contributed by atoms with E-state index >= 15 is 0 Å². The number of carbonyl (C=O) groups is 1. The van der Waals surface area contributed by atoms with Gasteiger partial charge in [-0.2, -0.15) is 0 Å². The molecule has 1 spiro atoms. The summed E-state index contributed by atoms with van der Waals surface area (Å²) in [6, 6.07) is 6.89. The van der Waals surface area contributed by atoms with Gasteiger partial charge in [-0.3, -0.25) is 4.79 Å². The maximum absolute atomic E-state index is 12.8. The Morgan fingerprint density at radius 2 is 1.96 bits per heavy atom. The lowest BCUT2D eigenvalue weighted by Gasteiger charge is -2.36. The second-order valence-electron chi connectivity index (χ2n) is 8.14. The molecule has 3 fully saturated rings. The molecule has 0 radical (unpaired) electrons. The molecule has 1 heterocycles. The molecule has 3 aliphatic rings. The lowest BCUT2D eigenvalue weighted by Crippen LogP contribution is -2.43. The topological polar surface area (TPSA) is 54.5 Å². The average Bonchev–Trinajstić information content (AvgIpc) is 3.01. The first-order chi connectivity index (χ1) is 11.7. The minimum atomic E-state index is -3.56. The van der Waals surface area contributed by atoms with E-state index in [-0.39, 0.29) is 22.6 Å². The van der Waals surface area contributed by atoms with E-state index in [1.54, 1.807) is 30.3 Å². The van der Waals surface area contributed by atoms with Crippen molar-refractivity contribution in [1.82, 2.24) is 4.31 Å². The zero-order valence-electron chi connectivity index (χ0n) is 14.4. The number of carbonyl (C=O) groups excluding carboxylic acids is 1. The van der Waals surface area contributed by atoms with Gasteiger partial charge in [-0.05, 0) is 54.4 Å². The predicted molar refractivity (Wildman–Crippen MR) is 98.5 cm³/mol. The van der Waals surface area contributed by atoms with Gasteiger partial charge in [0.15, 0.2) is 0 Å². The Labute approximate surface area is 153 Å². The molecule has 0 N–H and O–H groups in total. The van der Waals surface area contributed by atoms with Crippen molar-refractivity contribution in [3.63, 3.8) is 0 Å². The number of rotatable bonds is 2. The molecule has 2 saturated carbocycles. The van der Waals surface area contributed by atoms with Gasteiger partial charge in [0.2, 0.25) is 10.0 Å². The Morgan fingerprint density at radius 3 is 2.60 bits per heavy atom. The van der Waals surface area contributed by atoms with Gasteiger partial charge >= 0.3 is 0 Å². The molecule has 1 saturated heterocycles. The fraction of sp³-hybridized carbons (Fsp3) is 0.526. The molecule has 3 atom stereocenters. The van der Waals surface area contributed by atoms with Crippen LogP contribution in [0, 0.1) is 16.7 Å². The highest BCUT2D eigenvalue weighted by Crippen LogP contribution is 2.69. The highest BCUT2D eigenvalue weighted by Gasteiger charge is 2.72. The summed E-state index contributed by atoms with van der Waals surface area (Å²) in [4.78, 5) is 12.8. The van der Waals surface area contributed by atoms with Crippen molar-refractivity contribution in [2.45, 2.75) is 39.2 Å². The lowest BCUT2D eigenvalue weighted by molar-refractivity contribution is -0.123. The summed E-state index contributed by atoms with van der Waals surface area (Å²) in [5.74, 6) is 0.179. The summed E-state index contributed by atoms with van der Waals surface area (Å²) in [5, 5.41) is 0.622. The maximum Gasteiger partial charge on any atom is 0.260 e. The van der Waals surface area contributed by atoms with Crippen LogP contribution in [0.15, 0.2) is 30.3 Å². The molecule has 4 nitrogen and oxygen atoms in total. The highest BCUT2D eigenvalue weighted by molar-refractivity contribution is 7.90. The Morgan fingerprint density at radius 1 is 1.28 bits per heavy atom. The van der Waals surface area contributed by atoms with Crippen LogP contribution in [0.3, 0.4) is 0 Å². The van der Waals surface area contributed by atoms with Crippen molar-refractivity contribution in [2.75, 3.05) is 5.75 Å². The summed E-state index contributed by atoms with van der Waals surface area (Å²) in [7, 11) is -3.56. The number of halogens is 1. The Hall–Kier alpha value is -1.33. The molecular weight excluding hydrogens is 358 g/mol. The predicted octanol–water partition coefficient (Wildman–Crippen LogP) is 3.72. The van der Waals surface area contributed by atoms with Gasteiger partial charge in [0.25, 0.3) is 5.91 Å². The van der Waals surface area contributed by atoms with E-state index in [1.165, 1.54) is 10.4 Å². The van der Waals surface area contributed by atoms with E-state index < -0.39 is 15.9 Å². The van der Waals surface area contributed by atoms with Crippen LogP contribution >= 0.6 is 11.6 Å². The van der Waals surface area contributed by atoms with E-state index in [2.05, 4.69) is 13.8 Å². The molecular formula is C19H22ClNO3S. The largest absolute Gasteiger partial charge is 0.269 e. The van der Waals surface area contributed by atoms with Crippen LogP contribution in [0.4, 0.5) is 0 Å². The molecule has 4 rings (SSSR count). The van der Waals surface area contributed by atoms with E-state index in [9.17, 15) is 13.2 Å². The number of sulfonamides is 1. The van der Waals surface area contributed by atoms with E-state index in [4.69, 9.17) is 11.6 Å². The van der Waals surface area contributed by atoms with Crippen molar-refractivity contribution >= 4 is 33.6 Å². The molecule has 134 valence electrons. The summed E-state index contributed by atoms with van der Waals surface area (Å²) in [6.45, 7) is 4.36. The Bertz CT molecular complexity index is 859. The quantitative estimate of drug-likeness (QED) is 0.736. The van der Waals surface area contributed by atoms with Gasteiger partial charge in [0.1, 0.15) is 0 Å².